The van der Waals surface area contributed by atoms with Gasteiger partial charge in [-0.05, 0) is 53.7 Å². The molecule has 0 aliphatic heterocycles. The molecular weight excluding hydrogens is 495 g/mol. The molecule has 0 atom stereocenters. The maximum Gasteiger partial charge on any atom is 0.191 e. The molecule has 0 unspecified atom stereocenters. The second kappa shape index (κ2) is 9.84. The van der Waals surface area contributed by atoms with Gasteiger partial charge >= 0.3 is 0 Å². The van der Waals surface area contributed by atoms with E-state index in [1.807, 2.05) is 13.8 Å². The van der Waals surface area contributed by atoms with Gasteiger partial charge in [-0.15, -0.1) is 46.7 Å². The summed E-state index contributed by atoms with van der Waals surface area (Å²) < 4.78 is 1.14. The average Bonchev–Trinajstić information content (AvgIpc) is 2.99. The van der Waals surface area contributed by atoms with Gasteiger partial charge in [-0.25, -0.2) is 9.98 Å². The van der Waals surface area contributed by atoms with Gasteiger partial charge in [-0.1, -0.05) is 0 Å². The Balaban J connectivity index is 0.00000242. The first kappa shape index (κ1) is 19.9. The van der Waals surface area contributed by atoms with E-state index < -0.39 is 0 Å². The molecule has 0 amide bonds. The number of thiophene rings is 1. The second-order valence-electron chi connectivity index (χ2n) is 4.55. The lowest BCUT2D eigenvalue weighted by Gasteiger charge is -2.10. The maximum atomic E-state index is 4.61. The summed E-state index contributed by atoms with van der Waals surface area (Å²) >= 11 is 6.89. The van der Waals surface area contributed by atoms with E-state index in [2.05, 4.69) is 54.9 Å². The smallest absolute Gasteiger partial charge is 0.191 e. The number of rotatable bonds is 5. The van der Waals surface area contributed by atoms with E-state index in [1.54, 1.807) is 22.7 Å². The molecule has 2 aromatic rings. The van der Waals surface area contributed by atoms with Gasteiger partial charge in [0, 0.05) is 11.4 Å². The topological polar surface area (TPSA) is 49.3 Å². The fraction of sp³-hybridized carbons (Fsp3) is 0.429. The number of aliphatic imine (C=N–C) groups is 1. The number of nitrogens with one attached hydrogen (secondary N) is 2. The van der Waals surface area contributed by atoms with Gasteiger partial charge in [0.2, 0.25) is 0 Å². The van der Waals surface area contributed by atoms with Gasteiger partial charge in [-0.2, -0.15) is 0 Å². The number of hydrogen-bond acceptors (Lipinski definition) is 4. The number of guanidine groups is 1. The molecule has 0 aromatic carbocycles. The largest absolute Gasteiger partial charge is 0.357 e. The zero-order valence-corrected chi connectivity index (χ0v) is 18.3. The van der Waals surface area contributed by atoms with Crippen LogP contribution in [0.5, 0.6) is 0 Å². The molecule has 0 aliphatic carbocycles. The van der Waals surface area contributed by atoms with Gasteiger partial charge < -0.3 is 10.6 Å². The molecule has 2 rings (SSSR count). The molecule has 0 saturated carbocycles. The second-order valence-corrected chi connectivity index (χ2v) is 8.13. The lowest BCUT2D eigenvalue weighted by molar-refractivity contribution is 0.819. The number of hydrogen-bond donors (Lipinski definition) is 2. The van der Waals surface area contributed by atoms with Gasteiger partial charge in [0.1, 0.15) is 0 Å². The molecular formula is C14H20BrIN4S2. The lowest BCUT2D eigenvalue weighted by atomic mass is 10.3. The molecule has 0 radical (unpaired) electrons. The van der Waals surface area contributed by atoms with Crippen molar-refractivity contribution in [1.29, 1.82) is 0 Å². The Hall–Kier alpha value is -0.190. The Kier molecular flexibility index (Phi) is 8.88. The number of aromatic nitrogens is 1. The quantitative estimate of drug-likeness (QED) is 0.352. The van der Waals surface area contributed by atoms with Crippen molar-refractivity contribution in [3.05, 3.63) is 36.4 Å². The standard InChI is InChI=1S/C14H19BrN4S2.HI/c1-4-16-14(17-6-11-5-13(15)20-8-11)18-7-12-9(2)19-10(3)21-12;/h5,8H,4,6-7H2,1-3H3,(H2,16,17,18);1H. The molecule has 2 N–H and O–H groups in total. The third-order valence-corrected chi connectivity index (χ3v) is 5.43. The van der Waals surface area contributed by atoms with E-state index in [0.717, 1.165) is 33.5 Å². The molecule has 122 valence electrons. The highest BCUT2D eigenvalue weighted by Gasteiger charge is 2.06. The predicted octanol–water partition coefficient (Wildman–Crippen LogP) is 4.46. The van der Waals surface area contributed by atoms with E-state index in [9.17, 15) is 0 Å². The molecule has 0 aliphatic rings. The highest BCUT2D eigenvalue weighted by atomic mass is 127. The van der Waals surface area contributed by atoms with Gasteiger partial charge in [0.25, 0.3) is 0 Å². The fourth-order valence-corrected chi connectivity index (χ4v) is 3.92. The predicted molar refractivity (Wildman–Crippen MR) is 111 cm³/mol. The molecule has 2 heterocycles. The van der Waals surface area contributed by atoms with Gasteiger partial charge in [0.15, 0.2) is 5.96 Å². The van der Waals surface area contributed by atoms with Crippen LogP contribution in [0.4, 0.5) is 0 Å². The van der Waals surface area contributed by atoms with Crippen LogP contribution in [0.2, 0.25) is 0 Å². The number of halogens is 2. The van der Waals surface area contributed by atoms with Crippen LogP contribution in [0.3, 0.4) is 0 Å². The molecule has 0 bridgehead atoms. The summed E-state index contributed by atoms with van der Waals surface area (Å²) in [5.41, 5.74) is 2.32. The fourth-order valence-electron chi connectivity index (χ4n) is 1.84. The molecule has 0 fully saturated rings. The van der Waals surface area contributed by atoms with E-state index in [1.165, 1.54) is 10.4 Å². The minimum absolute atomic E-state index is 0. The van der Waals surface area contributed by atoms with Crippen molar-refractivity contribution in [3.8, 4) is 0 Å². The van der Waals surface area contributed by atoms with Crippen molar-refractivity contribution in [2.24, 2.45) is 4.99 Å². The van der Waals surface area contributed by atoms with Crippen molar-refractivity contribution >= 4 is 68.5 Å². The summed E-state index contributed by atoms with van der Waals surface area (Å²) in [6.07, 6.45) is 0. The highest BCUT2D eigenvalue weighted by molar-refractivity contribution is 14.0. The first-order valence-electron chi connectivity index (χ1n) is 6.76. The molecule has 2 aromatic heterocycles. The minimum Gasteiger partial charge on any atom is -0.357 e. The lowest BCUT2D eigenvalue weighted by Crippen LogP contribution is -2.36. The van der Waals surface area contributed by atoms with E-state index in [4.69, 9.17) is 0 Å². The van der Waals surface area contributed by atoms with Crippen LogP contribution in [-0.2, 0) is 13.1 Å². The zero-order chi connectivity index (χ0) is 15.2. The van der Waals surface area contributed by atoms with Gasteiger partial charge in [-0.3, -0.25) is 0 Å². The van der Waals surface area contributed by atoms with Crippen LogP contribution < -0.4 is 10.6 Å². The Labute approximate surface area is 165 Å². The third kappa shape index (κ3) is 6.13. The molecule has 0 spiro atoms. The van der Waals surface area contributed by atoms with Crippen LogP contribution in [0.25, 0.3) is 0 Å². The first-order chi connectivity index (χ1) is 10.1. The Morgan fingerprint density at radius 3 is 2.68 bits per heavy atom. The Bertz CT molecular complexity index is 624. The minimum atomic E-state index is 0. The van der Waals surface area contributed by atoms with Crippen LogP contribution in [0.15, 0.2) is 20.2 Å². The number of nitrogens with zero attached hydrogens (tertiary/aromatic N) is 2. The summed E-state index contributed by atoms with van der Waals surface area (Å²) in [7, 11) is 0. The van der Waals surface area contributed by atoms with E-state index in [-0.39, 0.29) is 24.0 Å². The van der Waals surface area contributed by atoms with E-state index >= 15 is 0 Å². The van der Waals surface area contributed by atoms with Crippen LogP contribution >= 0.6 is 62.6 Å². The van der Waals surface area contributed by atoms with Crippen LogP contribution in [0.1, 0.15) is 28.1 Å². The molecule has 22 heavy (non-hydrogen) atoms. The van der Waals surface area contributed by atoms with Crippen molar-refractivity contribution in [3.63, 3.8) is 0 Å². The summed E-state index contributed by atoms with van der Waals surface area (Å²) in [6, 6.07) is 2.11. The average molecular weight is 515 g/mol. The summed E-state index contributed by atoms with van der Waals surface area (Å²) in [4.78, 5) is 10.3. The Morgan fingerprint density at radius 2 is 2.14 bits per heavy atom. The maximum absolute atomic E-state index is 4.61. The number of aryl methyl sites for hydroxylation is 2. The van der Waals surface area contributed by atoms with Gasteiger partial charge in [0.05, 0.1) is 27.6 Å². The molecule has 0 saturated heterocycles. The monoisotopic (exact) mass is 514 g/mol. The normalized spacial score (nSPS) is 11.2. The summed E-state index contributed by atoms with van der Waals surface area (Å²) in [5, 5.41) is 9.86. The molecule has 4 nitrogen and oxygen atoms in total. The SMILES string of the molecule is CCNC(=NCc1csc(Br)c1)NCc1sc(C)nc1C.I. The summed E-state index contributed by atoms with van der Waals surface area (Å²) in [6.45, 7) is 8.44. The molecule has 8 heteroatoms. The van der Waals surface area contributed by atoms with E-state index in [0.29, 0.717) is 6.54 Å². The zero-order valence-electron chi connectivity index (χ0n) is 12.8. The first-order valence-corrected chi connectivity index (χ1v) is 9.25. The van der Waals surface area contributed by atoms with Crippen molar-refractivity contribution < 1.29 is 0 Å². The summed E-state index contributed by atoms with van der Waals surface area (Å²) in [5.74, 6) is 0.838. The van der Waals surface area contributed by atoms with Crippen molar-refractivity contribution in [2.75, 3.05) is 6.54 Å². The number of thiazole rings is 1. The van der Waals surface area contributed by atoms with Crippen molar-refractivity contribution in [2.45, 2.75) is 33.9 Å². The highest BCUT2D eigenvalue weighted by Crippen LogP contribution is 2.21. The third-order valence-electron chi connectivity index (χ3n) is 2.80. The van der Waals surface area contributed by atoms with Crippen molar-refractivity contribution in [1.82, 2.24) is 15.6 Å². The van der Waals surface area contributed by atoms with Crippen LogP contribution in [-0.4, -0.2) is 17.5 Å². The Morgan fingerprint density at radius 1 is 1.36 bits per heavy atom. The van der Waals surface area contributed by atoms with Crippen LogP contribution in [0, 0.1) is 13.8 Å².